The molecule has 0 heterocycles. The van der Waals surface area contributed by atoms with E-state index in [4.69, 9.17) is 0 Å². The summed E-state index contributed by atoms with van der Waals surface area (Å²) in [4.78, 5) is 11.0. The van der Waals surface area contributed by atoms with Crippen LogP contribution in [0, 0.1) is 11.8 Å². The average Bonchev–Trinajstić information content (AvgIpc) is 1.59. The van der Waals surface area contributed by atoms with Crippen molar-refractivity contribution in [1.82, 2.24) is 0 Å². The van der Waals surface area contributed by atoms with Gasteiger partial charge in [0.15, 0.2) is 0 Å². The SMILES string of the molecule is CCCC(=O)[CH]C(C)(C)C. The second-order valence-electron chi connectivity index (χ2n) is 3.73. The Morgan fingerprint density at radius 2 is 1.90 bits per heavy atom. The molecule has 0 aliphatic rings. The first kappa shape index (κ1) is 9.67. The maximum atomic E-state index is 11.0. The number of Topliss-reactive ketones (excluding diaryl/α,β-unsaturated/α-hetero) is 1. The van der Waals surface area contributed by atoms with Crippen LogP contribution in [0.4, 0.5) is 0 Å². The molecule has 0 amide bonds. The zero-order chi connectivity index (χ0) is 8.20. The summed E-state index contributed by atoms with van der Waals surface area (Å²) in [5, 5.41) is 0. The van der Waals surface area contributed by atoms with E-state index in [-0.39, 0.29) is 11.2 Å². The lowest BCUT2D eigenvalue weighted by atomic mass is 9.89. The van der Waals surface area contributed by atoms with Crippen molar-refractivity contribution in [2.45, 2.75) is 40.5 Å². The Kier molecular flexibility index (Phi) is 3.62. The van der Waals surface area contributed by atoms with Gasteiger partial charge in [-0.2, -0.15) is 0 Å². The molecule has 0 fully saturated rings. The lowest BCUT2D eigenvalue weighted by Crippen LogP contribution is -2.13. The van der Waals surface area contributed by atoms with Crippen LogP contribution in [-0.4, -0.2) is 5.78 Å². The largest absolute Gasteiger partial charge is 0.299 e. The molecule has 0 bridgehead atoms. The normalized spacial score (nSPS) is 11.6. The summed E-state index contributed by atoms with van der Waals surface area (Å²) in [6.45, 7) is 8.15. The van der Waals surface area contributed by atoms with Gasteiger partial charge < -0.3 is 0 Å². The van der Waals surface area contributed by atoms with Crippen molar-refractivity contribution in [3.8, 4) is 0 Å². The number of rotatable bonds is 3. The van der Waals surface area contributed by atoms with Crippen molar-refractivity contribution in [3.05, 3.63) is 6.42 Å². The Morgan fingerprint density at radius 3 is 2.20 bits per heavy atom. The molecule has 0 atom stereocenters. The highest BCUT2D eigenvalue weighted by atomic mass is 16.1. The second kappa shape index (κ2) is 3.75. The Hall–Kier alpha value is -0.330. The zero-order valence-corrected chi connectivity index (χ0v) is 7.40. The van der Waals surface area contributed by atoms with Crippen molar-refractivity contribution in [2.24, 2.45) is 5.41 Å². The third-order valence-electron chi connectivity index (χ3n) is 1.09. The molecule has 0 unspecified atom stereocenters. The Morgan fingerprint density at radius 1 is 1.40 bits per heavy atom. The third kappa shape index (κ3) is 5.80. The van der Waals surface area contributed by atoms with E-state index in [2.05, 4.69) is 0 Å². The molecule has 0 rings (SSSR count). The first-order chi connectivity index (χ1) is 4.45. The minimum atomic E-state index is 0.0479. The highest BCUT2D eigenvalue weighted by molar-refractivity contribution is 5.87. The van der Waals surface area contributed by atoms with Crippen molar-refractivity contribution >= 4 is 5.78 Å². The highest BCUT2D eigenvalue weighted by Crippen LogP contribution is 2.18. The molecule has 0 aromatic rings. The summed E-state index contributed by atoms with van der Waals surface area (Å²) in [5.74, 6) is 0.273. The van der Waals surface area contributed by atoms with Crippen LogP contribution >= 0.6 is 0 Å². The lowest BCUT2D eigenvalue weighted by molar-refractivity contribution is -0.116. The van der Waals surface area contributed by atoms with Crippen LogP contribution in [-0.2, 0) is 4.79 Å². The Balaban J connectivity index is 3.58. The summed E-state index contributed by atoms with van der Waals surface area (Å²) in [6.07, 6.45) is 3.44. The fourth-order valence-corrected chi connectivity index (χ4v) is 0.802. The number of hydrogen-bond acceptors (Lipinski definition) is 1. The molecule has 0 spiro atoms. The topological polar surface area (TPSA) is 17.1 Å². The summed E-state index contributed by atoms with van der Waals surface area (Å²) >= 11 is 0. The monoisotopic (exact) mass is 141 g/mol. The molecule has 0 N–H and O–H groups in total. The quantitative estimate of drug-likeness (QED) is 0.590. The molecule has 0 aliphatic heterocycles. The second-order valence-corrected chi connectivity index (χ2v) is 3.73. The molecule has 0 aromatic carbocycles. The van der Waals surface area contributed by atoms with Crippen LogP contribution in [0.25, 0.3) is 0 Å². The summed E-state index contributed by atoms with van der Waals surface area (Å²) in [6, 6.07) is 0. The van der Waals surface area contributed by atoms with Gasteiger partial charge in [-0.1, -0.05) is 27.7 Å². The average molecular weight is 141 g/mol. The van der Waals surface area contributed by atoms with Crippen LogP contribution in [0.3, 0.4) is 0 Å². The lowest BCUT2D eigenvalue weighted by Gasteiger charge is -2.15. The maximum Gasteiger partial charge on any atom is 0.137 e. The predicted octanol–water partition coefficient (Wildman–Crippen LogP) is 2.61. The van der Waals surface area contributed by atoms with Crippen LogP contribution in [0.5, 0.6) is 0 Å². The van der Waals surface area contributed by atoms with Crippen molar-refractivity contribution in [1.29, 1.82) is 0 Å². The fourth-order valence-electron chi connectivity index (χ4n) is 0.802. The number of carbonyl (C=O) groups is 1. The van der Waals surface area contributed by atoms with Crippen LogP contribution in [0.2, 0.25) is 0 Å². The maximum absolute atomic E-state index is 11.0. The molecular weight excluding hydrogens is 124 g/mol. The Labute approximate surface area is 63.8 Å². The van der Waals surface area contributed by atoms with Crippen LogP contribution in [0.15, 0.2) is 0 Å². The van der Waals surface area contributed by atoms with E-state index < -0.39 is 0 Å². The van der Waals surface area contributed by atoms with Gasteiger partial charge in [0.05, 0.1) is 0 Å². The fraction of sp³-hybridized carbons (Fsp3) is 0.778. The van der Waals surface area contributed by atoms with E-state index in [0.717, 1.165) is 6.42 Å². The van der Waals surface area contributed by atoms with Gasteiger partial charge in [0.25, 0.3) is 0 Å². The summed E-state index contributed by atoms with van der Waals surface area (Å²) < 4.78 is 0. The predicted molar refractivity (Wildman–Crippen MR) is 43.7 cm³/mol. The van der Waals surface area contributed by atoms with Gasteiger partial charge in [-0.3, -0.25) is 4.79 Å². The van der Waals surface area contributed by atoms with Crippen LogP contribution < -0.4 is 0 Å². The van der Waals surface area contributed by atoms with E-state index in [1.807, 2.05) is 27.7 Å². The number of carbonyl (C=O) groups excluding carboxylic acids is 1. The number of hydrogen-bond donors (Lipinski definition) is 0. The molecule has 0 saturated heterocycles. The molecule has 59 valence electrons. The van der Waals surface area contributed by atoms with Gasteiger partial charge in [-0.15, -0.1) is 0 Å². The van der Waals surface area contributed by atoms with Crippen molar-refractivity contribution in [2.75, 3.05) is 0 Å². The molecule has 1 radical (unpaired) electrons. The molecule has 0 saturated carbocycles. The molecule has 0 aromatic heterocycles. The highest BCUT2D eigenvalue weighted by Gasteiger charge is 2.14. The van der Waals surface area contributed by atoms with E-state index in [1.165, 1.54) is 0 Å². The minimum Gasteiger partial charge on any atom is -0.299 e. The molecule has 10 heavy (non-hydrogen) atoms. The first-order valence-electron chi connectivity index (χ1n) is 3.84. The van der Waals surface area contributed by atoms with Gasteiger partial charge in [0.1, 0.15) is 5.78 Å². The molecule has 0 aliphatic carbocycles. The van der Waals surface area contributed by atoms with Crippen molar-refractivity contribution in [3.63, 3.8) is 0 Å². The molecular formula is C9H17O. The van der Waals surface area contributed by atoms with E-state index in [0.29, 0.717) is 6.42 Å². The molecule has 1 nitrogen and oxygen atoms in total. The van der Waals surface area contributed by atoms with Gasteiger partial charge in [-0.05, 0) is 11.8 Å². The van der Waals surface area contributed by atoms with Crippen molar-refractivity contribution < 1.29 is 4.79 Å². The Bertz CT molecular complexity index is 108. The smallest absolute Gasteiger partial charge is 0.137 e. The number of ketones is 1. The van der Waals surface area contributed by atoms with E-state index in [9.17, 15) is 4.79 Å². The van der Waals surface area contributed by atoms with Gasteiger partial charge in [0.2, 0.25) is 0 Å². The zero-order valence-electron chi connectivity index (χ0n) is 7.40. The van der Waals surface area contributed by atoms with Crippen LogP contribution in [0.1, 0.15) is 40.5 Å². The van der Waals surface area contributed by atoms with Gasteiger partial charge >= 0.3 is 0 Å². The van der Waals surface area contributed by atoms with E-state index in [1.54, 1.807) is 6.42 Å². The third-order valence-corrected chi connectivity index (χ3v) is 1.09. The first-order valence-corrected chi connectivity index (χ1v) is 3.84. The summed E-state index contributed by atoms with van der Waals surface area (Å²) in [7, 11) is 0. The van der Waals surface area contributed by atoms with E-state index >= 15 is 0 Å². The minimum absolute atomic E-state index is 0.0479. The standard InChI is InChI=1S/C9H17O/c1-5-6-8(10)7-9(2,3)4/h7H,5-6H2,1-4H3. The van der Waals surface area contributed by atoms with Gasteiger partial charge in [-0.25, -0.2) is 0 Å². The summed E-state index contributed by atoms with van der Waals surface area (Å²) in [5.41, 5.74) is 0.0479. The molecule has 1 heteroatoms. The van der Waals surface area contributed by atoms with Gasteiger partial charge in [0, 0.05) is 12.8 Å².